The molecule has 0 radical (unpaired) electrons. The van der Waals surface area contributed by atoms with E-state index in [1.165, 1.54) is 6.20 Å². The highest BCUT2D eigenvalue weighted by atomic mass is 19.3. The lowest BCUT2D eigenvalue weighted by Crippen LogP contribution is -2.63. The molecule has 33 heavy (non-hydrogen) atoms. The van der Waals surface area contributed by atoms with Crippen LogP contribution in [-0.2, 0) is 0 Å². The largest absolute Gasteiger partial charge is 0.494 e. The highest BCUT2D eigenvalue weighted by Gasteiger charge is 2.50. The van der Waals surface area contributed by atoms with E-state index in [9.17, 15) is 14.0 Å². The van der Waals surface area contributed by atoms with Gasteiger partial charge in [-0.25, -0.2) is 13.3 Å². The van der Waals surface area contributed by atoms with Crippen LogP contribution in [0.25, 0.3) is 16.6 Å². The molecule has 2 aliphatic rings. The lowest BCUT2D eigenvalue weighted by molar-refractivity contribution is -0.140. The van der Waals surface area contributed by atoms with Crippen LogP contribution in [0.4, 0.5) is 8.78 Å². The summed E-state index contributed by atoms with van der Waals surface area (Å²) in [6.07, 6.45) is 7.18. The molecule has 170 valence electrons. The molecule has 0 saturated carbocycles. The molecule has 0 bridgehead atoms. The Morgan fingerprint density at radius 1 is 1.21 bits per heavy atom. The Labute approximate surface area is 189 Å². The van der Waals surface area contributed by atoms with Crippen molar-refractivity contribution >= 4 is 5.52 Å². The number of pyridine rings is 1. The Morgan fingerprint density at radius 2 is 2.00 bits per heavy atom. The molecule has 9 nitrogen and oxygen atoms in total. The molecular formula is C22H22F2N8O. The van der Waals surface area contributed by atoms with Gasteiger partial charge in [-0.15, -0.1) is 0 Å². The summed E-state index contributed by atoms with van der Waals surface area (Å²) in [6, 6.07) is 3.12. The molecule has 0 N–H and O–H groups in total. The fourth-order valence-electron chi connectivity index (χ4n) is 4.90. The average Bonchev–Trinajstić information content (AvgIpc) is 3.36. The Hall–Kier alpha value is -3.70. The number of likely N-dealkylation sites (tertiary alicyclic amines) is 2. The number of nitrogens with zero attached hydrogens (tertiary/aromatic N) is 8. The number of fused-ring (bicyclic) bond motifs is 1. The van der Waals surface area contributed by atoms with Crippen molar-refractivity contribution in [2.75, 3.05) is 33.3 Å². The number of piperidine rings is 1. The maximum atomic E-state index is 14.5. The second kappa shape index (κ2) is 7.71. The highest BCUT2D eigenvalue weighted by molar-refractivity contribution is 5.75. The molecule has 0 spiro atoms. The van der Waals surface area contributed by atoms with Gasteiger partial charge in [-0.1, -0.05) is 0 Å². The molecular weight excluding hydrogens is 430 g/mol. The van der Waals surface area contributed by atoms with Gasteiger partial charge in [0, 0.05) is 42.7 Å². The van der Waals surface area contributed by atoms with Crippen molar-refractivity contribution in [3.63, 3.8) is 0 Å². The van der Waals surface area contributed by atoms with Crippen LogP contribution in [0.3, 0.4) is 0 Å². The summed E-state index contributed by atoms with van der Waals surface area (Å²) in [6.45, 7) is 2.76. The van der Waals surface area contributed by atoms with Gasteiger partial charge in [0.05, 0.1) is 38.1 Å². The molecule has 2 saturated heterocycles. The summed E-state index contributed by atoms with van der Waals surface area (Å²) < 4.78 is 38.1. The van der Waals surface area contributed by atoms with Crippen molar-refractivity contribution < 1.29 is 13.5 Å². The van der Waals surface area contributed by atoms with Crippen LogP contribution in [0.15, 0.2) is 24.7 Å². The van der Waals surface area contributed by atoms with E-state index in [2.05, 4.69) is 16.3 Å². The van der Waals surface area contributed by atoms with Crippen molar-refractivity contribution in [1.29, 1.82) is 10.5 Å². The number of alkyl halides is 2. The first-order chi connectivity index (χ1) is 15.9. The minimum atomic E-state index is -2.92. The molecule has 0 aliphatic carbocycles. The molecule has 3 aromatic heterocycles. The SMILES string of the molecule is COc1cc(-c2cnn(C3CN([C@@H]4CCN(C#N)CC4(F)F)C3)c2C)cn2ncc(C#N)c12. The minimum absolute atomic E-state index is 0.00377. The number of hydrogen-bond acceptors (Lipinski definition) is 7. The predicted molar refractivity (Wildman–Crippen MR) is 114 cm³/mol. The third-order valence-corrected chi connectivity index (χ3v) is 6.65. The van der Waals surface area contributed by atoms with Crippen LogP contribution in [0, 0.1) is 29.7 Å². The predicted octanol–water partition coefficient (Wildman–Crippen LogP) is 2.43. The highest BCUT2D eigenvalue weighted by Crippen LogP contribution is 2.38. The van der Waals surface area contributed by atoms with Gasteiger partial charge in [0.15, 0.2) is 6.19 Å². The minimum Gasteiger partial charge on any atom is -0.494 e. The zero-order chi connectivity index (χ0) is 23.3. The van der Waals surface area contributed by atoms with Crippen molar-refractivity contribution in [3.8, 4) is 29.1 Å². The van der Waals surface area contributed by atoms with Gasteiger partial charge in [-0.3, -0.25) is 9.58 Å². The van der Waals surface area contributed by atoms with E-state index in [4.69, 9.17) is 10.00 Å². The third kappa shape index (κ3) is 3.36. The summed E-state index contributed by atoms with van der Waals surface area (Å²) >= 11 is 0. The molecule has 0 amide bonds. The zero-order valence-electron chi connectivity index (χ0n) is 18.2. The number of aromatic nitrogens is 4. The molecule has 5 heterocycles. The molecule has 0 aromatic carbocycles. The van der Waals surface area contributed by atoms with Gasteiger partial charge in [-0.2, -0.15) is 20.7 Å². The van der Waals surface area contributed by atoms with E-state index >= 15 is 0 Å². The molecule has 2 fully saturated rings. The topological polar surface area (TPSA) is 98.4 Å². The zero-order valence-corrected chi connectivity index (χ0v) is 18.2. The van der Waals surface area contributed by atoms with Crippen molar-refractivity contribution in [1.82, 2.24) is 29.2 Å². The summed E-state index contributed by atoms with van der Waals surface area (Å²) in [7, 11) is 1.55. The second-order valence-corrected chi connectivity index (χ2v) is 8.54. The average molecular weight is 452 g/mol. The van der Waals surface area contributed by atoms with Crippen LogP contribution in [0.1, 0.15) is 23.7 Å². The van der Waals surface area contributed by atoms with Gasteiger partial charge in [0.1, 0.15) is 22.9 Å². The maximum absolute atomic E-state index is 14.5. The summed E-state index contributed by atoms with van der Waals surface area (Å²) in [5.41, 5.74) is 3.67. The molecule has 2 aliphatic heterocycles. The van der Waals surface area contributed by atoms with Gasteiger partial charge in [0.2, 0.25) is 0 Å². The number of ether oxygens (including phenoxy) is 1. The van der Waals surface area contributed by atoms with Crippen molar-refractivity contribution in [2.24, 2.45) is 0 Å². The molecule has 3 aromatic rings. The van der Waals surface area contributed by atoms with E-state index in [0.717, 1.165) is 21.7 Å². The molecule has 0 unspecified atom stereocenters. The van der Waals surface area contributed by atoms with Crippen LogP contribution in [0.2, 0.25) is 0 Å². The standard InChI is InChI=1S/C22H22F2N8O/c1-14-18(15-5-19(33-2)21-16(6-25)7-27-31(21)9-15)8-28-32(14)17-10-30(11-17)20-3-4-29(13-26)12-22(20,23)24/h5,7-9,17,20H,3-4,10-12H2,1-2H3/t20-/m1/s1. The second-order valence-electron chi connectivity index (χ2n) is 8.54. The number of nitriles is 2. The Bertz CT molecular complexity index is 1290. The Kier molecular flexibility index (Phi) is 4.94. The van der Waals surface area contributed by atoms with Crippen LogP contribution in [0.5, 0.6) is 5.75 Å². The molecule has 1 atom stereocenters. The number of methoxy groups -OCH3 is 1. The van der Waals surface area contributed by atoms with Crippen LogP contribution >= 0.6 is 0 Å². The van der Waals surface area contributed by atoms with Crippen molar-refractivity contribution in [2.45, 2.75) is 31.4 Å². The number of hydrogen-bond donors (Lipinski definition) is 0. The normalized spacial score (nSPS) is 20.9. The Balaban J connectivity index is 1.36. The monoisotopic (exact) mass is 452 g/mol. The fraction of sp³-hybridized carbons (Fsp3) is 0.455. The number of rotatable bonds is 4. The quantitative estimate of drug-likeness (QED) is 0.561. The maximum Gasteiger partial charge on any atom is 0.281 e. The first-order valence-electron chi connectivity index (χ1n) is 10.6. The Morgan fingerprint density at radius 3 is 2.67 bits per heavy atom. The van der Waals surface area contributed by atoms with Gasteiger partial charge in [0.25, 0.3) is 5.92 Å². The summed E-state index contributed by atoms with van der Waals surface area (Å²) in [5, 5.41) is 27.0. The van der Waals surface area contributed by atoms with Gasteiger partial charge < -0.3 is 9.64 Å². The van der Waals surface area contributed by atoms with Gasteiger partial charge in [-0.05, 0) is 19.4 Å². The summed E-state index contributed by atoms with van der Waals surface area (Å²) in [4.78, 5) is 2.92. The van der Waals surface area contributed by atoms with Crippen LogP contribution in [-0.4, -0.2) is 74.4 Å². The number of halogens is 2. The summed E-state index contributed by atoms with van der Waals surface area (Å²) in [5.74, 6) is -2.38. The van der Waals surface area contributed by atoms with E-state index in [1.54, 1.807) is 22.7 Å². The first kappa shape index (κ1) is 21.2. The first-order valence-corrected chi connectivity index (χ1v) is 10.6. The smallest absolute Gasteiger partial charge is 0.281 e. The van der Waals surface area contributed by atoms with Crippen molar-refractivity contribution in [3.05, 3.63) is 35.9 Å². The lowest BCUT2D eigenvalue weighted by Gasteiger charge is -2.49. The molecule has 5 rings (SSSR count). The van der Waals surface area contributed by atoms with Crippen LogP contribution < -0.4 is 4.74 Å². The lowest BCUT2D eigenvalue weighted by atomic mass is 9.94. The molecule has 11 heteroatoms. The van der Waals surface area contributed by atoms with E-state index in [1.807, 2.05) is 30.1 Å². The van der Waals surface area contributed by atoms with E-state index in [-0.39, 0.29) is 12.5 Å². The van der Waals surface area contributed by atoms with E-state index < -0.39 is 18.5 Å². The van der Waals surface area contributed by atoms with Gasteiger partial charge >= 0.3 is 0 Å². The third-order valence-electron chi connectivity index (χ3n) is 6.65. The fourth-order valence-corrected chi connectivity index (χ4v) is 4.90. The van der Waals surface area contributed by atoms with E-state index in [0.29, 0.717) is 36.5 Å².